The minimum Gasteiger partial charge on any atom is -0.431 e. The predicted octanol–water partition coefficient (Wildman–Crippen LogP) is 28.9. The van der Waals surface area contributed by atoms with E-state index in [-0.39, 0.29) is 5.78 Å². The van der Waals surface area contributed by atoms with Gasteiger partial charge in [-0.1, -0.05) is 282 Å². The largest absolute Gasteiger partial charge is 0.431 e. The molecule has 0 saturated carbocycles. The summed E-state index contributed by atoms with van der Waals surface area (Å²) in [6.45, 7) is 18.8. The van der Waals surface area contributed by atoms with Gasteiger partial charge in [-0.15, -0.1) is 0 Å². The number of aryl methyl sites for hydroxylation is 3. The SMILES string of the molecule is C[Si](C)(C)c1c2c(cc3ccccc13)N=[N+](c1ccccc1)CO2.C[Si](C)(C)c1cc2ccccc2c2c1OC[N+](c1ccccc1)=N2.Cc1cc2ccccc2c2c1OC[N+](c1ccccc1)=N2.O=C1c2ccccc2-c2c1ccc1c2OC[N+](c2ccccc2)=N1.c1ccc([N+]2=Nc3cc4c(cc3OC2)CCC4)cc1.c1ccc([N+]2=Nc3ccc4c(c3OC2)-c2ccccc2C4)cc1. The number of hydrogen-bond donors (Lipinski definition) is 0. The Balaban J connectivity index is 0.0000000972. The number of azo groups is 12. The zero-order chi connectivity index (χ0) is 91.7. The van der Waals surface area contributed by atoms with Crippen LogP contribution in [0.3, 0.4) is 0 Å². The van der Waals surface area contributed by atoms with Crippen molar-refractivity contribution in [2.45, 2.75) is 71.9 Å². The Morgan fingerprint density at radius 3 is 1.18 bits per heavy atom. The molecule has 660 valence electrons. The Labute approximate surface area is 785 Å². The number of nitrogens with zero attached hydrogens (tertiary/aromatic N) is 12. The highest BCUT2D eigenvalue weighted by Gasteiger charge is 2.38. The van der Waals surface area contributed by atoms with Gasteiger partial charge in [0.1, 0.15) is 0 Å². The Kier molecular flexibility index (Phi) is 23.5. The fourth-order valence-electron chi connectivity index (χ4n) is 18.7. The van der Waals surface area contributed by atoms with Crippen molar-refractivity contribution in [1.82, 2.24) is 0 Å². The average molecular weight is 1810 g/mol. The topological polar surface area (TPSA) is 165 Å². The van der Waals surface area contributed by atoms with Gasteiger partial charge in [0.25, 0.3) is 0 Å². The maximum Gasteiger partial charge on any atom is 0.317 e. The van der Waals surface area contributed by atoms with E-state index in [1.807, 2.05) is 234 Å². The highest BCUT2D eigenvalue weighted by molar-refractivity contribution is 6.91. The Morgan fingerprint density at radius 1 is 0.274 bits per heavy atom. The van der Waals surface area contributed by atoms with Gasteiger partial charge in [-0.25, -0.2) is 0 Å². The molecule has 0 N–H and O–H groups in total. The van der Waals surface area contributed by atoms with Crippen molar-refractivity contribution in [3.05, 3.63) is 397 Å². The molecular weight excluding hydrogens is 1710 g/mol. The molecule has 6 aliphatic heterocycles. The van der Waals surface area contributed by atoms with Crippen LogP contribution in [-0.4, -0.2) is 90.5 Å². The molecule has 9 aliphatic rings. The molecule has 3 aliphatic carbocycles. The third-order valence-electron chi connectivity index (χ3n) is 25.2. The smallest absolute Gasteiger partial charge is 0.317 e. The lowest BCUT2D eigenvalue weighted by molar-refractivity contribution is -0.544. The number of fused-ring (bicyclic) bond motifs is 20. The fraction of sp³-hybridized carbons (Fsp3) is 0.149. The molecule has 0 unspecified atom stereocenters. The lowest BCUT2D eigenvalue weighted by atomic mass is 10.0. The molecule has 0 fully saturated rings. The minimum atomic E-state index is -1.58. The van der Waals surface area contributed by atoms with Gasteiger partial charge in [0.05, 0.1) is 16.1 Å². The van der Waals surface area contributed by atoms with Crippen LogP contribution in [0.4, 0.5) is 68.2 Å². The predicted molar refractivity (Wildman–Crippen MR) is 535 cm³/mol. The summed E-state index contributed by atoms with van der Waals surface area (Å²) in [5.74, 6) is 5.42. The zero-order valence-electron chi connectivity index (χ0n) is 76.4. The number of rotatable bonds is 8. The molecule has 0 amide bonds. The Hall–Kier alpha value is -16.0. The minimum absolute atomic E-state index is 0.0532. The van der Waals surface area contributed by atoms with Gasteiger partial charge >= 0.3 is 40.4 Å². The van der Waals surface area contributed by atoms with Gasteiger partial charge in [0.2, 0.25) is 34.1 Å². The van der Waals surface area contributed by atoms with E-state index in [1.165, 1.54) is 84.6 Å². The van der Waals surface area contributed by atoms with E-state index < -0.39 is 16.1 Å². The number of benzene rings is 17. The summed E-state index contributed by atoms with van der Waals surface area (Å²) in [6.07, 6.45) is 4.57. The van der Waals surface area contributed by atoms with E-state index in [2.05, 4.69) is 203 Å². The molecule has 0 saturated heterocycles. The van der Waals surface area contributed by atoms with E-state index in [0.717, 1.165) is 136 Å². The zero-order valence-corrected chi connectivity index (χ0v) is 78.4. The summed E-state index contributed by atoms with van der Waals surface area (Å²) in [4.78, 5) is 12.6. The lowest BCUT2D eigenvalue weighted by Gasteiger charge is -2.25. The number of carbonyl (C=O) groups is 1. The van der Waals surface area contributed by atoms with E-state index in [4.69, 9.17) is 54.0 Å². The van der Waals surface area contributed by atoms with Crippen molar-refractivity contribution < 1.29 is 61.4 Å². The standard InChI is InChI=1S/C20H13N2O2.2C20H21N2OSi.C20H15N2O.C18H15N2O.C16H15N2O/c23-19-15-9-5-4-8-14(15)18-16(19)10-11-17-20(18)24-12-22(21-17)13-6-2-1-3-7-13;1-24(2,3)20-17-12-8-7-9-15(17)13-18-19(20)23-14-22(21-18)16-10-5-4-6-11-16;1-24(2,3)18-13-15-9-7-8-12-17(15)19-20(18)23-14-22(21-19)16-10-5-4-6-11-16;1-2-7-16(8-3-1)22-13-23-20-18(21-22)11-10-15-12-14-6-4-5-9-17(14)19(15)20;1-13-11-14-7-5-6-10-16(14)17-18(13)21-12-20(19-17)15-8-3-2-4-9-15;1-2-7-14(8-3-1)18-11-19-16-10-13-6-4-5-12(13)9-15(16)17-18/h1-11H,12H2;2*4-13H,14H2,1-3H3;1-11H,12-13H2;2-11H,12H2,1H3;1-3,7-10H,4-6,11H2/q6*+1. The molecule has 0 bridgehead atoms. The van der Waals surface area contributed by atoms with Gasteiger partial charge < -0.3 is 28.4 Å². The van der Waals surface area contributed by atoms with Gasteiger partial charge in [-0.05, 0) is 174 Å². The van der Waals surface area contributed by atoms with Crippen LogP contribution in [0, 0.1) is 6.92 Å². The van der Waals surface area contributed by atoms with Crippen LogP contribution in [-0.2, 0) is 19.3 Å². The summed E-state index contributed by atoms with van der Waals surface area (Å²) in [7, 11) is -3.12. The van der Waals surface area contributed by atoms with Gasteiger partial charge in [0.15, 0.2) is 74.4 Å². The second-order valence-electron chi connectivity index (χ2n) is 36.3. The third-order valence-corrected chi connectivity index (χ3v) is 29.2. The van der Waals surface area contributed by atoms with Crippen molar-refractivity contribution in [3.63, 3.8) is 0 Å². The maximum atomic E-state index is 12.6. The second kappa shape index (κ2) is 37.0. The molecule has 0 aromatic heterocycles. The van der Waals surface area contributed by atoms with Crippen LogP contribution in [0.25, 0.3) is 54.6 Å². The molecule has 21 heteroatoms. The molecule has 17 aromatic rings. The van der Waals surface area contributed by atoms with Gasteiger partial charge in [-0.2, -0.15) is 0 Å². The number of ketones is 1. The highest BCUT2D eigenvalue weighted by atomic mass is 28.3. The maximum absolute atomic E-state index is 12.6. The van der Waals surface area contributed by atoms with E-state index >= 15 is 0 Å². The van der Waals surface area contributed by atoms with Crippen molar-refractivity contribution in [2.75, 3.05) is 40.4 Å². The van der Waals surface area contributed by atoms with Crippen LogP contribution in [0.5, 0.6) is 34.5 Å². The third kappa shape index (κ3) is 17.5. The first kappa shape index (κ1) is 85.8. The number of para-hydroxylation sites is 6. The highest BCUT2D eigenvalue weighted by Crippen LogP contribution is 2.52. The second-order valence-corrected chi connectivity index (χ2v) is 46.4. The Morgan fingerprint density at radius 2 is 0.659 bits per heavy atom. The molecule has 17 aromatic carbocycles. The molecule has 0 radical (unpaired) electrons. The summed E-state index contributed by atoms with van der Waals surface area (Å²) in [6, 6.07) is 121. The quantitative estimate of drug-likeness (QED) is 0.108. The summed E-state index contributed by atoms with van der Waals surface area (Å²) >= 11 is 0. The normalized spacial score (nSPS) is 14.4. The van der Waals surface area contributed by atoms with E-state index in [9.17, 15) is 4.79 Å². The van der Waals surface area contributed by atoms with Crippen LogP contribution in [0.15, 0.2) is 389 Å². The van der Waals surface area contributed by atoms with Crippen LogP contribution in [0.1, 0.15) is 50.2 Å². The molecular formula is C114H100N12O7Si2+6. The van der Waals surface area contributed by atoms with Gasteiger partial charge in [0, 0.05) is 137 Å². The van der Waals surface area contributed by atoms with Crippen molar-refractivity contribution in [3.8, 4) is 56.8 Å². The fourth-order valence-corrected chi connectivity index (χ4v) is 22.1. The number of hydrogen-bond acceptors (Lipinski definition) is 13. The molecule has 26 rings (SSSR count). The number of ether oxygens (including phenoxy) is 6. The molecule has 0 spiro atoms. The van der Waals surface area contributed by atoms with E-state index in [0.29, 0.717) is 51.7 Å². The lowest BCUT2D eigenvalue weighted by Crippen LogP contribution is -2.40. The first-order chi connectivity index (χ1) is 66.0. The van der Waals surface area contributed by atoms with Crippen LogP contribution in [0.2, 0.25) is 39.3 Å². The summed E-state index contributed by atoms with van der Waals surface area (Å²) in [5, 5.41) is 38.7. The molecule has 19 nitrogen and oxygen atoms in total. The van der Waals surface area contributed by atoms with E-state index in [1.54, 1.807) is 0 Å². The molecule has 0 atom stereocenters. The molecule has 6 heterocycles. The number of carbonyl (C=O) groups excluding carboxylic acids is 1. The van der Waals surface area contributed by atoms with Crippen molar-refractivity contribution in [2.24, 2.45) is 30.7 Å². The van der Waals surface area contributed by atoms with Crippen LogP contribution >= 0.6 is 0 Å². The Bertz CT molecular complexity index is 7710. The summed E-state index contributed by atoms with van der Waals surface area (Å²) < 4.78 is 47.8. The van der Waals surface area contributed by atoms with Gasteiger partial charge in [-0.3, -0.25) is 4.79 Å². The molecule has 135 heavy (non-hydrogen) atoms. The van der Waals surface area contributed by atoms with Crippen molar-refractivity contribution >= 4 is 133 Å². The first-order valence-electron chi connectivity index (χ1n) is 45.9. The average Bonchev–Trinajstić information content (AvgIpc) is 1.68. The summed E-state index contributed by atoms with van der Waals surface area (Å²) in [5.41, 5.74) is 24.0. The van der Waals surface area contributed by atoms with Crippen LogP contribution < -0.4 is 38.8 Å². The first-order valence-corrected chi connectivity index (χ1v) is 52.9. The van der Waals surface area contributed by atoms with Crippen molar-refractivity contribution in [1.29, 1.82) is 0 Å². The monoisotopic (exact) mass is 1800 g/mol.